The predicted molar refractivity (Wildman–Crippen MR) is 52.6 cm³/mol. The number of nitrogens with zero attached hydrogens (tertiary/aromatic N) is 1. The third-order valence-electron chi connectivity index (χ3n) is 3.58. The van der Waals surface area contributed by atoms with Gasteiger partial charge in [-0.25, -0.2) is 0 Å². The molecular weight excluding hydrogens is 164 g/mol. The van der Waals surface area contributed by atoms with Crippen LogP contribution in [0.4, 0.5) is 0 Å². The molecule has 76 valence electrons. The number of likely N-dealkylation sites (tertiary alicyclic amines) is 1. The molecule has 0 spiro atoms. The first-order chi connectivity index (χ1) is 6.29. The molecule has 1 aliphatic heterocycles. The fourth-order valence-corrected chi connectivity index (χ4v) is 2.23. The lowest BCUT2D eigenvalue weighted by atomic mass is 9.91. The zero-order valence-corrected chi connectivity index (χ0v) is 8.46. The Morgan fingerprint density at radius 1 is 1.38 bits per heavy atom. The molecule has 3 heteroatoms. The number of ether oxygens (including phenoxy) is 1. The zero-order chi connectivity index (χ0) is 9.31. The van der Waals surface area contributed by atoms with Crippen molar-refractivity contribution in [3.05, 3.63) is 0 Å². The van der Waals surface area contributed by atoms with E-state index in [-0.39, 0.29) is 5.60 Å². The van der Waals surface area contributed by atoms with Crippen molar-refractivity contribution in [2.45, 2.75) is 37.3 Å². The van der Waals surface area contributed by atoms with E-state index in [1.807, 2.05) is 0 Å². The van der Waals surface area contributed by atoms with Crippen LogP contribution in [0.2, 0.25) is 0 Å². The van der Waals surface area contributed by atoms with Crippen molar-refractivity contribution >= 4 is 0 Å². The minimum Gasteiger partial charge on any atom is -0.377 e. The van der Waals surface area contributed by atoms with Crippen LogP contribution in [0.15, 0.2) is 0 Å². The summed E-state index contributed by atoms with van der Waals surface area (Å²) in [5, 5.41) is 0. The normalized spacial score (nSPS) is 29.1. The van der Waals surface area contributed by atoms with Gasteiger partial charge in [-0.05, 0) is 25.7 Å². The Morgan fingerprint density at radius 3 is 2.38 bits per heavy atom. The highest BCUT2D eigenvalue weighted by Gasteiger charge is 2.38. The van der Waals surface area contributed by atoms with Crippen molar-refractivity contribution < 1.29 is 4.74 Å². The fourth-order valence-electron chi connectivity index (χ4n) is 2.23. The maximum atomic E-state index is 5.74. The molecule has 2 fully saturated rings. The molecule has 1 heterocycles. The lowest BCUT2D eigenvalue weighted by Gasteiger charge is -2.40. The summed E-state index contributed by atoms with van der Waals surface area (Å²) in [4.78, 5) is 2.59. The topological polar surface area (TPSA) is 38.5 Å². The van der Waals surface area contributed by atoms with Crippen LogP contribution < -0.4 is 5.73 Å². The summed E-state index contributed by atoms with van der Waals surface area (Å²) in [5.41, 5.74) is 5.73. The Balaban J connectivity index is 1.86. The SMILES string of the molecule is COC1(CN)CCN(C2CC2)CC1. The third-order valence-corrected chi connectivity index (χ3v) is 3.58. The Hall–Kier alpha value is -0.120. The average molecular weight is 184 g/mol. The molecule has 13 heavy (non-hydrogen) atoms. The van der Waals surface area contributed by atoms with Gasteiger partial charge in [0.2, 0.25) is 0 Å². The van der Waals surface area contributed by atoms with Crippen LogP contribution in [0.1, 0.15) is 25.7 Å². The summed E-state index contributed by atoms with van der Waals surface area (Å²) < 4.78 is 5.52. The van der Waals surface area contributed by atoms with Crippen molar-refractivity contribution in [2.24, 2.45) is 5.73 Å². The van der Waals surface area contributed by atoms with Gasteiger partial charge in [0.05, 0.1) is 5.60 Å². The van der Waals surface area contributed by atoms with Crippen LogP contribution in [0.3, 0.4) is 0 Å². The highest BCUT2D eigenvalue weighted by Crippen LogP contribution is 2.33. The van der Waals surface area contributed by atoms with E-state index in [9.17, 15) is 0 Å². The van der Waals surface area contributed by atoms with Gasteiger partial charge in [-0.3, -0.25) is 0 Å². The molecule has 0 radical (unpaired) electrons. The van der Waals surface area contributed by atoms with Crippen molar-refractivity contribution in [2.75, 3.05) is 26.7 Å². The molecule has 0 amide bonds. The van der Waals surface area contributed by atoms with E-state index in [1.54, 1.807) is 7.11 Å². The standard InChI is InChI=1S/C10H20N2O/c1-13-10(8-11)4-6-12(7-5-10)9-2-3-9/h9H,2-8,11H2,1H3. The number of methoxy groups -OCH3 is 1. The number of piperidine rings is 1. The van der Waals surface area contributed by atoms with Gasteiger partial charge in [-0.15, -0.1) is 0 Å². The molecule has 2 rings (SSSR count). The molecule has 3 nitrogen and oxygen atoms in total. The summed E-state index contributed by atoms with van der Waals surface area (Å²) >= 11 is 0. The molecule has 1 aliphatic carbocycles. The monoisotopic (exact) mass is 184 g/mol. The number of hydrogen-bond donors (Lipinski definition) is 1. The van der Waals surface area contributed by atoms with Gasteiger partial charge in [0.25, 0.3) is 0 Å². The van der Waals surface area contributed by atoms with Gasteiger partial charge in [0.1, 0.15) is 0 Å². The van der Waals surface area contributed by atoms with Gasteiger partial charge in [0, 0.05) is 32.8 Å². The highest BCUT2D eigenvalue weighted by molar-refractivity contribution is 4.93. The molecule has 0 aromatic carbocycles. The Labute approximate surface area is 80.2 Å². The average Bonchev–Trinajstić information content (AvgIpc) is 3.02. The van der Waals surface area contributed by atoms with Crippen molar-refractivity contribution in [3.63, 3.8) is 0 Å². The summed E-state index contributed by atoms with van der Waals surface area (Å²) in [7, 11) is 1.79. The van der Waals surface area contributed by atoms with Crippen molar-refractivity contribution in [1.29, 1.82) is 0 Å². The van der Waals surface area contributed by atoms with E-state index < -0.39 is 0 Å². The molecular formula is C10H20N2O. The second-order valence-corrected chi connectivity index (χ2v) is 4.36. The summed E-state index contributed by atoms with van der Waals surface area (Å²) in [6, 6.07) is 0.896. The van der Waals surface area contributed by atoms with Gasteiger partial charge in [-0.1, -0.05) is 0 Å². The lowest BCUT2D eigenvalue weighted by Crippen LogP contribution is -2.50. The smallest absolute Gasteiger partial charge is 0.0824 e. The number of hydrogen-bond acceptors (Lipinski definition) is 3. The van der Waals surface area contributed by atoms with Crippen LogP contribution in [0.25, 0.3) is 0 Å². The zero-order valence-electron chi connectivity index (χ0n) is 8.46. The fraction of sp³-hybridized carbons (Fsp3) is 1.00. The Bertz CT molecular complexity index is 166. The molecule has 2 N–H and O–H groups in total. The van der Waals surface area contributed by atoms with E-state index >= 15 is 0 Å². The van der Waals surface area contributed by atoms with E-state index in [4.69, 9.17) is 10.5 Å². The van der Waals surface area contributed by atoms with Crippen molar-refractivity contribution in [1.82, 2.24) is 4.90 Å². The van der Waals surface area contributed by atoms with Crippen LogP contribution in [-0.2, 0) is 4.74 Å². The quantitative estimate of drug-likeness (QED) is 0.697. The van der Waals surface area contributed by atoms with Gasteiger partial charge in [-0.2, -0.15) is 0 Å². The maximum Gasteiger partial charge on any atom is 0.0824 e. The largest absolute Gasteiger partial charge is 0.377 e. The van der Waals surface area contributed by atoms with Crippen LogP contribution >= 0.6 is 0 Å². The number of nitrogens with two attached hydrogens (primary N) is 1. The molecule has 0 aromatic heterocycles. The summed E-state index contributed by atoms with van der Waals surface area (Å²) in [6.45, 7) is 3.02. The highest BCUT2D eigenvalue weighted by atomic mass is 16.5. The first kappa shape index (κ1) is 9.44. The number of rotatable bonds is 3. The summed E-state index contributed by atoms with van der Waals surface area (Å²) in [6.07, 6.45) is 5.03. The van der Waals surface area contributed by atoms with E-state index in [1.165, 1.54) is 25.9 Å². The molecule has 1 saturated heterocycles. The second-order valence-electron chi connectivity index (χ2n) is 4.36. The van der Waals surface area contributed by atoms with Gasteiger partial charge in [0.15, 0.2) is 0 Å². The first-order valence-electron chi connectivity index (χ1n) is 5.29. The minimum atomic E-state index is -0.00854. The molecule has 0 bridgehead atoms. The molecule has 2 aliphatic rings. The van der Waals surface area contributed by atoms with Gasteiger partial charge >= 0.3 is 0 Å². The molecule has 0 unspecified atom stereocenters. The predicted octanol–water partition coefficient (Wildman–Crippen LogP) is 0.588. The van der Waals surface area contributed by atoms with E-state index in [2.05, 4.69) is 4.90 Å². The lowest BCUT2D eigenvalue weighted by molar-refractivity contribution is -0.0511. The van der Waals surface area contributed by atoms with Crippen LogP contribution in [0, 0.1) is 0 Å². The van der Waals surface area contributed by atoms with Crippen LogP contribution in [0.5, 0.6) is 0 Å². The molecule has 0 aromatic rings. The first-order valence-corrected chi connectivity index (χ1v) is 5.29. The molecule has 0 atom stereocenters. The van der Waals surface area contributed by atoms with Crippen molar-refractivity contribution in [3.8, 4) is 0 Å². The summed E-state index contributed by atoms with van der Waals surface area (Å²) in [5.74, 6) is 0. The Morgan fingerprint density at radius 2 is 2.00 bits per heavy atom. The maximum absolute atomic E-state index is 5.74. The third kappa shape index (κ3) is 1.87. The van der Waals surface area contributed by atoms with Crippen LogP contribution in [-0.4, -0.2) is 43.3 Å². The van der Waals surface area contributed by atoms with E-state index in [0.717, 1.165) is 18.9 Å². The minimum absolute atomic E-state index is 0.00854. The molecule has 1 saturated carbocycles. The second kappa shape index (κ2) is 3.56. The Kier molecular flexibility index (Phi) is 2.58. The van der Waals surface area contributed by atoms with Gasteiger partial charge < -0.3 is 15.4 Å². The van der Waals surface area contributed by atoms with E-state index in [0.29, 0.717) is 6.54 Å².